The highest BCUT2D eigenvalue weighted by molar-refractivity contribution is 5.79. The number of aliphatic carboxylic acids is 1. The Morgan fingerprint density at radius 3 is 1.75 bits per heavy atom. The Morgan fingerprint density at radius 1 is 1.12 bits per heavy atom. The molecule has 2 unspecified atom stereocenters. The van der Waals surface area contributed by atoms with Crippen LogP contribution < -0.4 is 11.5 Å². The lowest BCUT2D eigenvalue weighted by Crippen LogP contribution is -2.48. The van der Waals surface area contributed by atoms with E-state index in [2.05, 4.69) is 0 Å². The van der Waals surface area contributed by atoms with E-state index in [-0.39, 0.29) is 13.1 Å². The molecule has 5 N–H and O–H groups in total. The Morgan fingerprint density at radius 2 is 1.50 bits per heavy atom. The second-order valence-corrected chi connectivity index (χ2v) is 3.71. The van der Waals surface area contributed by atoms with Crippen LogP contribution in [0.1, 0.15) is 13.8 Å². The standard InChI is InChI=1S/C9H17N3O4/c1-5(9(15)16)6(2)12(3-7(10)13)4-8(11)14/h5-6H,3-4H2,1-2H3,(H2,10,13)(H2,11,14)(H,15,16). The van der Waals surface area contributed by atoms with E-state index >= 15 is 0 Å². The summed E-state index contributed by atoms with van der Waals surface area (Å²) in [6.45, 7) is 2.70. The molecule has 0 aromatic rings. The van der Waals surface area contributed by atoms with E-state index in [0.29, 0.717) is 0 Å². The molecule has 16 heavy (non-hydrogen) atoms. The second-order valence-electron chi connectivity index (χ2n) is 3.71. The van der Waals surface area contributed by atoms with E-state index in [1.807, 2.05) is 0 Å². The van der Waals surface area contributed by atoms with Gasteiger partial charge in [0.15, 0.2) is 0 Å². The third kappa shape index (κ3) is 4.74. The second kappa shape index (κ2) is 6.06. The quantitative estimate of drug-likeness (QED) is 0.484. The molecule has 0 aromatic heterocycles. The molecule has 92 valence electrons. The van der Waals surface area contributed by atoms with Crippen LogP contribution in [0.3, 0.4) is 0 Å². The van der Waals surface area contributed by atoms with Gasteiger partial charge in [0.1, 0.15) is 0 Å². The van der Waals surface area contributed by atoms with E-state index in [1.165, 1.54) is 11.8 Å². The highest BCUT2D eigenvalue weighted by Gasteiger charge is 2.27. The molecular formula is C9H17N3O4. The van der Waals surface area contributed by atoms with Gasteiger partial charge >= 0.3 is 5.97 Å². The van der Waals surface area contributed by atoms with Gasteiger partial charge in [-0.3, -0.25) is 19.3 Å². The molecule has 0 saturated heterocycles. The number of rotatable bonds is 7. The summed E-state index contributed by atoms with van der Waals surface area (Å²) >= 11 is 0. The maximum absolute atomic E-state index is 10.8. The largest absolute Gasteiger partial charge is 0.481 e. The van der Waals surface area contributed by atoms with Crippen molar-refractivity contribution in [1.82, 2.24) is 4.90 Å². The molecule has 0 saturated carbocycles. The number of carbonyl (C=O) groups is 3. The van der Waals surface area contributed by atoms with Gasteiger partial charge in [0.2, 0.25) is 11.8 Å². The van der Waals surface area contributed by atoms with Crippen LogP contribution in [0.2, 0.25) is 0 Å². The molecule has 0 aliphatic carbocycles. The molecule has 0 fully saturated rings. The number of primary amides is 2. The van der Waals surface area contributed by atoms with Crippen molar-refractivity contribution in [3.8, 4) is 0 Å². The maximum atomic E-state index is 10.8. The number of hydrogen-bond acceptors (Lipinski definition) is 4. The number of nitrogens with two attached hydrogens (primary N) is 2. The van der Waals surface area contributed by atoms with Gasteiger partial charge in [0, 0.05) is 6.04 Å². The molecule has 0 spiro atoms. The first kappa shape index (κ1) is 14.4. The van der Waals surface area contributed by atoms with E-state index in [4.69, 9.17) is 16.6 Å². The Balaban J connectivity index is 4.66. The Labute approximate surface area is 93.4 Å². The van der Waals surface area contributed by atoms with Crippen LogP contribution in [-0.2, 0) is 14.4 Å². The topological polar surface area (TPSA) is 127 Å². The summed E-state index contributed by atoms with van der Waals surface area (Å²) in [4.78, 5) is 33.6. The highest BCUT2D eigenvalue weighted by atomic mass is 16.4. The third-order valence-electron chi connectivity index (χ3n) is 2.41. The van der Waals surface area contributed by atoms with E-state index < -0.39 is 29.7 Å². The molecule has 7 nitrogen and oxygen atoms in total. The third-order valence-corrected chi connectivity index (χ3v) is 2.41. The van der Waals surface area contributed by atoms with Crippen LogP contribution in [0.5, 0.6) is 0 Å². The van der Waals surface area contributed by atoms with Gasteiger partial charge < -0.3 is 16.6 Å². The maximum Gasteiger partial charge on any atom is 0.307 e. The van der Waals surface area contributed by atoms with Crippen molar-refractivity contribution in [1.29, 1.82) is 0 Å². The Bertz CT molecular complexity index is 276. The summed E-state index contributed by atoms with van der Waals surface area (Å²) in [5, 5.41) is 8.81. The number of hydrogen-bond donors (Lipinski definition) is 3. The average molecular weight is 231 g/mol. The van der Waals surface area contributed by atoms with Crippen molar-refractivity contribution in [3.63, 3.8) is 0 Å². The lowest BCUT2D eigenvalue weighted by atomic mass is 10.0. The fourth-order valence-electron chi connectivity index (χ4n) is 1.27. The van der Waals surface area contributed by atoms with Gasteiger partial charge in [-0.25, -0.2) is 0 Å². The highest BCUT2D eigenvalue weighted by Crippen LogP contribution is 2.10. The summed E-state index contributed by atoms with van der Waals surface area (Å²) in [6.07, 6.45) is 0. The summed E-state index contributed by atoms with van der Waals surface area (Å²) < 4.78 is 0. The smallest absolute Gasteiger partial charge is 0.307 e. The predicted octanol–water partition coefficient (Wildman–Crippen LogP) is -1.63. The summed E-state index contributed by atoms with van der Waals surface area (Å²) in [7, 11) is 0. The molecule has 0 aromatic carbocycles. The van der Waals surface area contributed by atoms with Gasteiger partial charge in [0.05, 0.1) is 19.0 Å². The van der Waals surface area contributed by atoms with Gasteiger partial charge in [-0.05, 0) is 6.92 Å². The minimum absolute atomic E-state index is 0.193. The Kier molecular flexibility index (Phi) is 5.44. The number of amides is 2. The molecule has 0 rings (SSSR count). The SMILES string of the molecule is CC(C(=O)O)C(C)N(CC(N)=O)CC(N)=O. The van der Waals surface area contributed by atoms with Crippen molar-refractivity contribution in [2.75, 3.05) is 13.1 Å². The van der Waals surface area contributed by atoms with Gasteiger partial charge in [-0.2, -0.15) is 0 Å². The van der Waals surface area contributed by atoms with E-state index in [0.717, 1.165) is 0 Å². The molecular weight excluding hydrogens is 214 g/mol. The zero-order chi connectivity index (χ0) is 12.9. The predicted molar refractivity (Wildman–Crippen MR) is 56.2 cm³/mol. The van der Waals surface area contributed by atoms with E-state index in [1.54, 1.807) is 6.92 Å². The normalized spacial score (nSPS) is 14.4. The molecule has 0 bridgehead atoms. The van der Waals surface area contributed by atoms with Gasteiger partial charge in [-0.15, -0.1) is 0 Å². The summed E-state index contributed by atoms with van der Waals surface area (Å²) in [6, 6.07) is -0.502. The summed E-state index contributed by atoms with van der Waals surface area (Å²) in [5.41, 5.74) is 10.0. The minimum Gasteiger partial charge on any atom is -0.481 e. The Hall–Kier alpha value is -1.63. The first-order chi connectivity index (χ1) is 7.25. The zero-order valence-corrected chi connectivity index (χ0v) is 9.34. The van der Waals surface area contributed by atoms with E-state index in [9.17, 15) is 14.4 Å². The van der Waals surface area contributed by atoms with Crippen molar-refractivity contribution < 1.29 is 19.5 Å². The van der Waals surface area contributed by atoms with Crippen LogP contribution in [0.25, 0.3) is 0 Å². The van der Waals surface area contributed by atoms with Crippen LogP contribution in [-0.4, -0.2) is 46.9 Å². The number of carboxylic acid groups (broad SMARTS) is 1. The lowest BCUT2D eigenvalue weighted by molar-refractivity contribution is -0.144. The molecule has 0 radical (unpaired) electrons. The van der Waals surface area contributed by atoms with Gasteiger partial charge in [0.25, 0.3) is 0 Å². The fraction of sp³-hybridized carbons (Fsp3) is 0.667. The number of carboxylic acids is 1. The first-order valence-corrected chi connectivity index (χ1v) is 4.79. The van der Waals surface area contributed by atoms with Crippen molar-refractivity contribution >= 4 is 17.8 Å². The fourth-order valence-corrected chi connectivity index (χ4v) is 1.27. The molecule has 2 amide bonds. The van der Waals surface area contributed by atoms with Crippen molar-refractivity contribution in [3.05, 3.63) is 0 Å². The molecule has 2 atom stereocenters. The molecule has 0 heterocycles. The zero-order valence-electron chi connectivity index (χ0n) is 9.34. The van der Waals surface area contributed by atoms with Crippen LogP contribution in [0.15, 0.2) is 0 Å². The molecule has 0 aliphatic rings. The summed E-state index contributed by atoms with van der Waals surface area (Å²) in [5.74, 6) is -3.00. The van der Waals surface area contributed by atoms with Crippen LogP contribution >= 0.6 is 0 Å². The van der Waals surface area contributed by atoms with Crippen molar-refractivity contribution in [2.24, 2.45) is 17.4 Å². The molecule has 0 aliphatic heterocycles. The average Bonchev–Trinajstić information content (AvgIpc) is 2.12. The first-order valence-electron chi connectivity index (χ1n) is 4.79. The van der Waals surface area contributed by atoms with Crippen LogP contribution in [0.4, 0.5) is 0 Å². The number of carbonyl (C=O) groups excluding carboxylic acids is 2. The minimum atomic E-state index is -1.01. The van der Waals surface area contributed by atoms with Gasteiger partial charge in [-0.1, -0.05) is 6.92 Å². The lowest BCUT2D eigenvalue weighted by Gasteiger charge is -2.29. The number of nitrogens with zero attached hydrogens (tertiary/aromatic N) is 1. The van der Waals surface area contributed by atoms with Crippen LogP contribution in [0, 0.1) is 5.92 Å². The van der Waals surface area contributed by atoms with Crippen molar-refractivity contribution in [2.45, 2.75) is 19.9 Å². The molecule has 7 heteroatoms. The monoisotopic (exact) mass is 231 g/mol.